The van der Waals surface area contributed by atoms with E-state index in [4.69, 9.17) is 16.3 Å². The number of benzene rings is 1. The van der Waals surface area contributed by atoms with Gasteiger partial charge in [-0.15, -0.1) is 0 Å². The molecule has 5 rings (SSSR count). The zero-order chi connectivity index (χ0) is 26.9. The molecule has 3 aliphatic rings. The largest absolute Gasteiger partial charge is 0.463 e. The zero-order valence-corrected chi connectivity index (χ0v) is 22.3. The first-order valence-electron chi connectivity index (χ1n) is 13.2. The van der Waals surface area contributed by atoms with Crippen molar-refractivity contribution in [2.24, 2.45) is 11.8 Å². The number of carbonyl (C=O) groups excluding carboxylic acids is 1. The summed E-state index contributed by atoms with van der Waals surface area (Å²) in [7, 11) is 0. The fourth-order valence-electron chi connectivity index (χ4n) is 4.83. The van der Waals surface area contributed by atoms with Gasteiger partial charge in [-0.05, 0) is 56.7 Å². The van der Waals surface area contributed by atoms with Crippen LogP contribution in [0.25, 0.3) is 0 Å². The Bertz CT molecular complexity index is 1160. The Kier molecular flexibility index (Phi) is 7.88. The molecule has 0 spiro atoms. The normalized spacial score (nSPS) is 23.0. The number of carbonyl (C=O) groups is 1. The lowest BCUT2D eigenvalue weighted by atomic mass is 9.91. The van der Waals surface area contributed by atoms with E-state index in [1.807, 2.05) is 17.9 Å². The number of ether oxygens (including phenoxy) is 1. The van der Waals surface area contributed by atoms with Gasteiger partial charge < -0.3 is 20.3 Å². The summed E-state index contributed by atoms with van der Waals surface area (Å²) in [6.07, 6.45) is 3.45. The average molecular weight is 550 g/mol. The van der Waals surface area contributed by atoms with Crippen LogP contribution < -0.4 is 31.1 Å². The maximum atomic E-state index is 15.0. The fourth-order valence-corrected chi connectivity index (χ4v) is 5.00. The fraction of sp³-hybridized carbons (Fsp3) is 0.577. The van der Waals surface area contributed by atoms with Crippen molar-refractivity contribution < 1.29 is 18.3 Å². The van der Waals surface area contributed by atoms with Crippen LogP contribution in [0.1, 0.15) is 49.9 Å². The number of hydrogen-bond donors (Lipinski definition) is 4. The van der Waals surface area contributed by atoms with Crippen LogP contribution in [0.3, 0.4) is 0 Å². The molecule has 2 saturated heterocycles. The summed E-state index contributed by atoms with van der Waals surface area (Å²) in [5.41, 5.74) is 5.11. The van der Waals surface area contributed by atoms with Gasteiger partial charge >= 0.3 is 6.01 Å². The summed E-state index contributed by atoms with van der Waals surface area (Å²) in [6, 6.07) is 6.18. The lowest BCUT2D eigenvalue weighted by Gasteiger charge is -2.45. The number of hydrazine groups is 1. The Hall–Kier alpha value is -2.76. The topological polar surface area (TPSA) is 103 Å². The third-order valence-electron chi connectivity index (χ3n) is 7.40. The Morgan fingerprint density at radius 2 is 2.08 bits per heavy atom. The molecule has 3 heterocycles. The number of anilines is 2. The van der Waals surface area contributed by atoms with Crippen LogP contribution in [-0.2, 0) is 0 Å². The smallest absolute Gasteiger partial charge is 0.320 e. The second kappa shape index (κ2) is 11.2. The van der Waals surface area contributed by atoms with Crippen molar-refractivity contribution in [2.45, 2.75) is 57.4 Å². The predicted molar refractivity (Wildman–Crippen MR) is 142 cm³/mol. The first-order chi connectivity index (χ1) is 18.2. The summed E-state index contributed by atoms with van der Waals surface area (Å²) in [5.74, 6) is 0.118. The van der Waals surface area contributed by atoms with Crippen molar-refractivity contribution >= 4 is 29.1 Å². The molecule has 1 aliphatic carbocycles. The average Bonchev–Trinajstić information content (AvgIpc) is 3.66. The highest BCUT2D eigenvalue weighted by molar-refractivity contribution is 6.31. The number of halogens is 3. The zero-order valence-electron chi connectivity index (χ0n) is 21.6. The Morgan fingerprint density at radius 3 is 2.76 bits per heavy atom. The Labute approximate surface area is 226 Å². The first-order valence-corrected chi connectivity index (χ1v) is 13.6. The number of hydrogen-bond acceptors (Lipinski definition) is 8. The second-order valence-electron chi connectivity index (χ2n) is 10.6. The van der Waals surface area contributed by atoms with Gasteiger partial charge in [0.1, 0.15) is 23.1 Å². The third-order valence-corrected chi connectivity index (χ3v) is 7.63. The molecule has 1 aromatic carbocycles. The standard InChI is InChI=1S/C26H34ClF2N7O2/c1-3-16(11-30-24(37)19-9-18(27)6-7-20(19)28)12-38-25-32-21(31-22-8-15(2)34-35-22)10-23(33-25)36-13-26(29,14-36)17-4-5-17/h6-7,9-10,15-17,22,34-35H,3-5,8,11-14H2,1-2H3,(H,30,37)(H,31,32,33). The quantitative estimate of drug-likeness (QED) is 0.337. The molecule has 2 aromatic rings. The van der Waals surface area contributed by atoms with E-state index in [9.17, 15) is 9.18 Å². The van der Waals surface area contributed by atoms with E-state index < -0.39 is 17.4 Å². The number of aromatic nitrogens is 2. The van der Waals surface area contributed by atoms with E-state index in [1.165, 1.54) is 18.2 Å². The predicted octanol–water partition coefficient (Wildman–Crippen LogP) is 3.67. The van der Waals surface area contributed by atoms with Gasteiger partial charge in [0.15, 0.2) is 0 Å². The van der Waals surface area contributed by atoms with Gasteiger partial charge in [0.2, 0.25) is 0 Å². The molecule has 2 aliphatic heterocycles. The van der Waals surface area contributed by atoms with Crippen LogP contribution in [0.15, 0.2) is 24.3 Å². The summed E-state index contributed by atoms with van der Waals surface area (Å²) in [4.78, 5) is 23.5. The highest BCUT2D eigenvalue weighted by Crippen LogP contribution is 2.48. The van der Waals surface area contributed by atoms with Gasteiger partial charge in [0.25, 0.3) is 5.91 Å². The Balaban J connectivity index is 1.22. The molecule has 9 nitrogen and oxygen atoms in total. The molecule has 0 radical (unpaired) electrons. The molecule has 3 fully saturated rings. The van der Waals surface area contributed by atoms with Gasteiger partial charge in [0.05, 0.1) is 31.4 Å². The molecule has 3 atom stereocenters. The van der Waals surface area contributed by atoms with Gasteiger partial charge in [-0.2, -0.15) is 9.97 Å². The van der Waals surface area contributed by atoms with Crippen LogP contribution in [0.4, 0.5) is 20.4 Å². The van der Waals surface area contributed by atoms with E-state index in [2.05, 4.69) is 38.4 Å². The molecule has 3 unspecified atom stereocenters. The highest BCUT2D eigenvalue weighted by Gasteiger charge is 2.54. The molecule has 4 N–H and O–H groups in total. The summed E-state index contributed by atoms with van der Waals surface area (Å²) in [6.45, 7) is 5.21. The van der Waals surface area contributed by atoms with E-state index in [0.717, 1.165) is 19.3 Å². The van der Waals surface area contributed by atoms with E-state index >= 15 is 4.39 Å². The summed E-state index contributed by atoms with van der Waals surface area (Å²) >= 11 is 5.91. The van der Waals surface area contributed by atoms with E-state index in [0.29, 0.717) is 37.2 Å². The van der Waals surface area contributed by atoms with Crippen molar-refractivity contribution in [3.8, 4) is 6.01 Å². The van der Waals surface area contributed by atoms with Gasteiger partial charge in [0, 0.05) is 29.6 Å². The minimum atomic E-state index is -1.14. The monoisotopic (exact) mass is 549 g/mol. The van der Waals surface area contributed by atoms with E-state index in [1.54, 1.807) is 0 Å². The van der Waals surface area contributed by atoms with Crippen molar-refractivity contribution in [1.82, 2.24) is 26.1 Å². The van der Waals surface area contributed by atoms with Crippen molar-refractivity contribution in [3.05, 3.63) is 40.7 Å². The van der Waals surface area contributed by atoms with Crippen LogP contribution in [-0.4, -0.2) is 60.0 Å². The summed E-state index contributed by atoms with van der Waals surface area (Å²) < 4.78 is 35.0. The minimum absolute atomic E-state index is 0.0193. The molecule has 1 aromatic heterocycles. The molecule has 38 heavy (non-hydrogen) atoms. The number of rotatable bonds is 11. The maximum Gasteiger partial charge on any atom is 0.320 e. The van der Waals surface area contributed by atoms with Crippen molar-refractivity contribution in [1.29, 1.82) is 0 Å². The lowest BCUT2D eigenvalue weighted by molar-refractivity contribution is 0.0918. The number of alkyl halides is 1. The maximum absolute atomic E-state index is 15.0. The van der Waals surface area contributed by atoms with Crippen LogP contribution in [0.2, 0.25) is 5.02 Å². The first kappa shape index (κ1) is 26.8. The molecular formula is C26H34ClF2N7O2. The van der Waals surface area contributed by atoms with Crippen LogP contribution in [0, 0.1) is 17.7 Å². The van der Waals surface area contributed by atoms with Gasteiger partial charge in [-0.25, -0.2) is 14.2 Å². The minimum Gasteiger partial charge on any atom is -0.463 e. The molecule has 12 heteroatoms. The summed E-state index contributed by atoms with van der Waals surface area (Å²) in [5, 5.41) is 6.40. The van der Waals surface area contributed by atoms with E-state index in [-0.39, 0.29) is 47.7 Å². The van der Waals surface area contributed by atoms with Crippen LogP contribution in [0.5, 0.6) is 6.01 Å². The van der Waals surface area contributed by atoms with Gasteiger partial charge in [-0.1, -0.05) is 18.5 Å². The van der Waals surface area contributed by atoms with Gasteiger partial charge in [-0.3, -0.25) is 10.2 Å². The Morgan fingerprint density at radius 1 is 1.29 bits per heavy atom. The van der Waals surface area contributed by atoms with Crippen molar-refractivity contribution in [2.75, 3.05) is 36.5 Å². The number of nitrogens with one attached hydrogen (secondary N) is 4. The highest BCUT2D eigenvalue weighted by atomic mass is 35.5. The number of amides is 1. The number of nitrogens with zero attached hydrogens (tertiary/aromatic N) is 3. The van der Waals surface area contributed by atoms with Crippen molar-refractivity contribution in [3.63, 3.8) is 0 Å². The molecule has 206 valence electrons. The third kappa shape index (κ3) is 6.27. The van der Waals surface area contributed by atoms with Crippen LogP contribution >= 0.6 is 11.6 Å². The molecule has 1 amide bonds. The SMILES string of the molecule is CCC(CNC(=O)c1cc(Cl)ccc1F)COc1nc(NC2CC(C)NN2)cc(N2CC(F)(C3CC3)C2)n1. The molecule has 0 bridgehead atoms. The lowest BCUT2D eigenvalue weighted by Crippen LogP contribution is -2.60. The molecular weight excluding hydrogens is 516 g/mol. The second-order valence-corrected chi connectivity index (χ2v) is 11.0. The molecule has 1 saturated carbocycles.